The van der Waals surface area contributed by atoms with Gasteiger partial charge in [-0.3, -0.25) is 19.5 Å². The Morgan fingerprint density at radius 3 is 2.55 bits per heavy atom. The largest absolute Gasteiger partial charge is 0.463 e. The van der Waals surface area contributed by atoms with Gasteiger partial charge < -0.3 is 9.30 Å². The molecule has 0 unspecified atom stereocenters. The van der Waals surface area contributed by atoms with Crippen molar-refractivity contribution in [2.75, 3.05) is 6.61 Å². The Hall–Kier alpha value is -4.28. The van der Waals surface area contributed by atoms with Crippen LogP contribution in [0.15, 0.2) is 87.9 Å². The van der Waals surface area contributed by atoms with Crippen molar-refractivity contribution >= 4 is 40.7 Å². The van der Waals surface area contributed by atoms with Gasteiger partial charge in [-0.05, 0) is 61.9 Å². The molecule has 0 spiro atoms. The quantitative estimate of drug-likeness (QED) is 0.204. The molecule has 38 heavy (non-hydrogen) atoms. The number of ether oxygens (including phenoxy) is 1. The standard InChI is InChI=1S/C27H21ClN4O5S/c1-3-37-26(34)23-16(2)29-27-31(24(23)17-6-8-18(28)9-7-17)25(33)22(38-27)15-21-5-4-14-30(21)19-10-12-20(13-11-19)32(35)36/h4-15,24H,3H2,1-2H3/b22-15+/t24-/m0/s1. The Balaban J connectivity index is 1.66. The van der Waals surface area contributed by atoms with Crippen molar-refractivity contribution in [2.45, 2.75) is 19.9 Å². The molecular weight excluding hydrogens is 528 g/mol. The molecule has 0 saturated carbocycles. The third-order valence-electron chi connectivity index (χ3n) is 6.10. The molecule has 0 N–H and O–H groups in total. The molecule has 4 aromatic rings. The highest BCUT2D eigenvalue weighted by atomic mass is 35.5. The third kappa shape index (κ3) is 4.59. The zero-order valence-corrected chi connectivity index (χ0v) is 21.9. The lowest BCUT2D eigenvalue weighted by molar-refractivity contribution is -0.384. The highest BCUT2D eigenvalue weighted by molar-refractivity contribution is 7.07. The van der Waals surface area contributed by atoms with Gasteiger partial charge in [0.05, 0.1) is 33.4 Å². The molecule has 5 rings (SSSR count). The van der Waals surface area contributed by atoms with Crippen molar-refractivity contribution in [1.29, 1.82) is 0 Å². The predicted octanol–water partition coefficient (Wildman–Crippen LogP) is 4.15. The second kappa shape index (κ2) is 10.2. The zero-order valence-electron chi connectivity index (χ0n) is 20.3. The molecule has 0 radical (unpaired) electrons. The number of carbonyl (C=O) groups is 1. The van der Waals surface area contributed by atoms with E-state index in [1.165, 1.54) is 28.0 Å². The molecule has 2 aromatic heterocycles. The van der Waals surface area contributed by atoms with Gasteiger partial charge in [-0.2, -0.15) is 0 Å². The monoisotopic (exact) mass is 548 g/mol. The molecule has 0 fully saturated rings. The van der Waals surface area contributed by atoms with E-state index in [-0.39, 0.29) is 17.9 Å². The summed E-state index contributed by atoms with van der Waals surface area (Å²) in [5.41, 5.74) is 2.57. The Bertz CT molecular complexity index is 1770. The number of fused-ring (bicyclic) bond motifs is 1. The second-order valence-electron chi connectivity index (χ2n) is 8.43. The van der Waals surface area contributed by atoms with Crippen LogP contribution in [0.2, 0.25) is 5.02 Å². The van der Waals surface area contributed by atoms with Crippen LogP contribution in [0.1, 0.15) is 31.1 Å². The van der Waals surface area contributed by atoms with E-state index in [4.69, 9.17) is 16.3 Å². The van der Waals surface area contributed by atoms with E-state index in [2.05, 4.69) is 4.99 Å². The normalized spacial score (nSPS) is 15.2. The van der Waals surface area contributed by atoms with Crippen molar-refractivity contribution < 1.29 is 14.5 Å². The van der Waals surface area contributed by atoms with E-state index >= 15 is 0 Å². The number of nitrogens with zero attached hydrogens (tertiary/aromatic N) is 4. The maximum atomic E-state index is 13.8. The second-order valence-corrected chi connectivity index (χ2v) is 9.88. The molecule has 0 bridgehead atoms. The number of aromatic nitrogens is 2. The van der Waals surface area contributed by atoms with Crippen LogP contribution in [0.4, 0.5) is 5.69 Å². The molecule has 1 aliphatic rings. The van der Waals surface area contributed by atoms with Gasteiger partial charge in [-0.1, -0.05) is 35.1 Å². The van der Waals surface area contributed by atoms with Gasteiger partial charge in [0.2, 0.25) is 0 Å². The van der Waals surface area contributed by atoms with Crippen molar-refractivity contribution in [3.8, 4) is 5.69 Å². The molecule has 0 aliphatic carbocycles. The zero-order chi connectivity index (χ0) is 27.0. The number of hydrogen-bond acceptors (Lipinski definition) is 7. The lowest BCUT2D eigenvalue weighted by atomic mass is 9.96. The molecule has 2 aromatic carbocycles. The number of nitro benzene ring substituents is 1. The lowest BCUT2D eigenvalue weighted by Crippen LogP contribution is -2.40. The molecule has 192 valence electrons. The number of esters is 1. The minimum Gasteiger partial charge on any atom is -0.463 e. The molecule has 0 amide bonds. The van der Waals surface area contributed by atoms with Gasteiger partial charge in [0.15, 0.2) is 4.80 Å². The number of thiazole rings is 1. The Kier molecular flexibility index (Phi) is 6.83. The fourth-order valence-electron chi connectivity index (χ4n) is 4.37. The highest BCUT2D eigenvalue weighted by Crippen LogP contribution is 2.31. The number of nitro groups is 1. The van der Waals surface area contributed by atoms with Gasteiger partial charge in [-0.25, -0.2) is 9.79 Å². The van der Waals surface area contributed by atoms with Gasteiger partial charge in [0.25, 0.3) is 11.2 Å². The van der Waals surface area contributed by atoms with E-state index in [1.54, 1.807) is 56.3 Å². The summed E-state index contributed by atoms with van der Waals surface area (Å²) < 4.78 is 9.07. The minimum absolute atomic E-state index is 0.00858. The van der Waals surface area contributed by atoms with E-state index in [0.717, 1.165) is 0 Å². The summed E-state index contributed by atoms with van der Waals surface area (Å²) in [6.45, 7) is 3.64. The van der Waals surface area contributed by atoms with Gasteiger partial charge in [0, 0.05) is 34.7 Å². The first-order valence-electron chi connectivity index (χ1n) is 11.7. The lowest BCUT2D eigenvalue weighted by Gasteiger charge is -2.24. The maximum Gasteiger partial charge on any atom is 0.338 e. The number of halogens is 1. The average molecular weight is 549 g/mol. The summed E-state index contributed by atoms with van der Waals surface area (Å²) in [7, 11) is 0. The molecule has 9 nitrogen and oxygen atoms in total. The summed E-state index contributed by atoms with van der Waals surface area (Å²) in [5, 5.41) is 11.6. The smallest absolute Gasteiger partial charge is 0.338 e. The van der Waals surface area contributed by atoms with E-state index in [1.807, 2.05) is 22.9 Å². The summed E-state index contributed by atoms with van der Waals surface area (Å²) >= 11 is 7.32. The Morgan fingerprint density at radius 1 is 1.18 bits per heavy atom. The summed E-state index contributed by atoms with van der Waals surface area (Å²) in [6, 6.07) is 16.1. The molecular formula is C27H21ClN4O5S. The van der Waals surface area contributed by atoms with Crippen LogP contribution in [-0.2, 0) is 9.53 Å². The van der Waals surface area contributed by atoms with E-state index < -0.39 is 16.9 Å². The molecule has 3 heterocycles. The topological polar surface area (TPSA) is 109 Å². The number of non-ortho nitro benzene ring substituents is 1. The van der Waals surface area contributed by atoms with E-state index in [0.29, 0.717) is 42.6 Å². The van der Waals surface area contributed by atoms with Gasteiger partial charge >= 0.3 is 5.97 Å². The average Bonchev–Trinajstić information content (AvgIpc) is 3.48. The number of carbonyl (C=O) groups excluding carboxylic acids is 1. The maximum absolute atomic E-state index is 13.8. The van der Waals surface area contributed by atoms with Crippen LogP contribution in [0.3, 0.4) is 0 Å². The first-order valence-corrected chi connectivity index (χ1v) is 12.8. The number of allylic oxidation sites excluding steroid dienone is 1. The van der Waals surface area contributed by atoms with Crippen LogP contribution >= 0.6 is 22.9 Å². The van der Waals surface area contributed by atoms with Crippen LogP contribution in [-0.4, -0.2) is 26.6 Å². The number of rotatable bonds is 6. The SMILES string of the molecule is CCOC(=O)C1=C(C)N=c2s/c(=C/c3cccn3-c3ccc([N+](=O)[O-])cc3)c(=O)n2[C@H]1c1ccc(Cl)cc1. The van der Waals surface area contributed by atoms with Crippen molar-refractivity contribution in [3.05, 3.63) is 124 Å². The van der Waals surface area contributed by atoms with Crippen LogP contribution in [0.5, 0.6) is 0 Å². The van der Waals surface area contributed by atoms with Crippen molar-refractivity contribution in [2.24, 2.45) is 4.99 Å². The molecule has 1 atom stereocenters. The van der Waals surface area contributed by atoms with Gasteiger partial charge in [-0.15, -0.1) is 0 Å². The fourth-order valence-corrected chi connectivity index (χ4v) is 5.53. The summed E-state index contributed by atoms with van der Waals surface area (Å²) in [4.78, 5) is 42.4. The predicted molar refractivity (Wildman–Crippen MR) is 144 cm³/mol. The minimum atomic E-state index is -0.730. The summed E-state index contributed by atoms with van der Waals surface area (Å²) in [6.07, 6.45) is 3.55. The fraction of sp³-hybridized carbons (Fsp3) is 0.148. The molecule has 1 aliphatic heterocycles. The Morgan fingerprint density at radius 2 is 1.89 bits per heavy atom. The van der Waals surface area contributed by atoms with Crippen LogP contribution in [0, 0.1) is 10.1 Å². The first kappa shape index (κ1) is 25.4. The summed E-state index contributed by atoms with van der Waals surface area (Å²) in [5.74, 6) is -0.532. The Labute approximate surface area is 225 Å². The number of hydrogen-bond donors (Lipinski definition) is 0. The van der Waals surface area contributed by atoms with E-state index in [9.17, 15) is 19.7 Å². The van der Waals surface area contributed by atoms with Crippen LogP contribution in [0.25, 0.3) is 11.8 Å². The van der Waals surface area contributed by atoms with Gasteiger partial charge in [0.1, 0.15) is 0 Å². The number of benzene rings is 2. The first-order chi connectivity index (χ1) is 18.3. The van der Waals surface area contributed by atoms with Crippen molar-refractivity contribution in [3.63, 3.8) is 0 Å². The van der Waals surface area contributed by atoms with Crippen LogP contribution < -0.4 is 14.9 Å². The highest BCUT2D eigenvalue weighted by Gasteiger charge is 2.33. The third-order valence-corrected chi connectivity index (χ3v) is 7.34. The molecule has 0 saturated heterocycles. The molecule has 11 heteroatoms. The van der Waals surface area contributed by atoms with Crippen molar-refractivity contribution in [1.82, 2.24) is 9.13 Å².